The van der Waals surface area contributed by atoms with Crippen LogP contribution in [-0.2, 0) is 6.54 Å². The lowest BCUT2D eigenvalue weighted by atomic mass is 10.2. The van der Waals surface area contributed by atoms with Crippen LogP contribution >= 0.6 is 12.2 Å². The van der Waals surface area contributed by atoms with Crippen LogP contribution in [-0.4, -0.2) is 31.0 Å². The predicted octanol–water partition coefficient (Wildman–Crippen LogP) is 1.65. The van der Waals surface area contributed by atoms with E-state index in [1.165, 1.54) is 5.01 Å². The second-order valence-corrected chi connectivity index (χ2v) is 4.88. The Hall–Kier alpha value is -2.41. The van der Waals surface area contributed by atoms with Crippen LogP contribution in [0.25, 0.3) is 0 Å². The maximum Gasteiger partial charge on any atom is 0.187 e. The van der Waals surface area contributed by atoms with Gasteiger partial charge in [0.05, 0.1) is 23.6 Å². The van der Waals surface area contributed by atoms with Gasteiger partial charge in [0.25, 0.3) is 0 Å². The lowest BCUT2D eigenvalue weighted by Crippen LogP contribution is -2.32. The van der Waals surface area contributed by atoms with Crippen LogP contribution in [0, 0.1) is 6.92 Å². The lowest BCUT2D eigenvalue weighted by Gasteiger charge is -2.17. The Bertz CT molecular complexity index is 638. The summed E-state index contributed by atoms with van der Waals surface area (Å²) in [5, 5.41) is 14.2. The normalized spacial score (nSPS) is 11.2. The van der Waals surface area contributed by atoms with Crippen molar-refractivity contribution in [2.24, 2.45) is 10.8 Å². The Morgan fingerprint density at radius 1 is 1.29 bits per heavy atom. The molecule has 0 aliphatic carbocycles. The van der Waals surface area contributed by atoms with Gasteiger partial charge in [-0.2, -0.15) is 10.2 Å². The van der Waals surface area contributed by atoms with Crippen LogP contribution in [0.15, 0.2) is 41.6 Å². The molecule has 7 heteroatoms. The van der Waals surface area contributed by atoms with Gasteiger partial charge in [0.15, 0.2) is 5.11 Å². The number of hydrogen-bond donors (Lipinski definition) is 1. The topological polar surface area (TPSA) is 80.3 Å². The fourth-order valence-corrected chi connectivity index (χ4v) is 1.74. The van der Waals surface area contributed by atoms with Crippen LogP contribution in [0.4, 0.5) is 0 Å². The quantitative estimate of drug-likeness (QED) is 0.525. The van der Waals surface area contributed by atoms with Gasteiger partial charge in [0.1, 0.15) is 5.69 Å². The number of aryl methyl sites for hydroxylation is 1. The highest BCUT2D eigenvalue weighted by molar-refractivity contribution is 7.80. The fourth-order valence-electron chi connectivity index (χ4n) is 1.63. The summed E-state index contributed by atoms with van der Waals surface area (Å²) in [7, 11) is 0. The monoisotopic (exact) mass is 300 g/mol. The molecule has 0 radical (unpaired) electrons. The first-order chi connectivity index (χ1) is 10.1. The highest BCUT2D eigenvalue weighted by Crippen LogP contribution is 2.05. The minimum atomic E-state index is 0.181. The van der Waals surface area contributed by atoms with Gasteiger partial charge in [-0.05, 0) is 50.3 Å². The van der Waals surface area contributed by atoms with Crippen molar-refractivity contribution < 1.29 is 0 Å². The zero-order valence-electron chi connectivity index (χ0n) is 11.9. The van der Waals surface area contributed by atoms with Crippen molar-refractivity contribution in [2.75, 3.05) is 0 Å². The molecule has 2 aromatic rings. The molecule has 2 heterocycles. The molecule has 0 saturated heterocycles. The molecule has 108 valence electrons. The van der Waals surface area contributed by atoms with Gasteiger partial charge in [-0.1, -0.05) is 6.07 Å². The van der Waals surface area contributed by atoms with Crippen molar-refractivity contribution in [1.29, 1.82) is 0 Å². The number of aromatic nitrogens is 3. The summed E-state index contributed by atoms with van der Waals surface area (Å²) >= 11 is 5.04. The molecule has 2 N–H and O–H groups in total. The number of hydrogen-bond acceptors (Lipinski definition) is 5. The van der Waals surface area contributed by atoms with Crippen molar-refractivity contribution in [3.05, 3.63) is 53.6 Å². The van der Waals surface area contributed by atoms with Crippen LogP contribution in [0.1, 0.15) is 24.0 Å². The second kappa shape index (κ2) is 6.85. The van der Waals surface area contributed by atoms with Crippen LogP contribution < -0.4 is 5.73 Å². The number of hydrazone groups is 1. The summed E-state index contributed by atoms with van der Waals surface area (Å²) in [5.74, 6) is 0. The van der Waals surface area contributed by atoms with Crippen molar-refractivity contribution >= 4 is 23.0 Å². The van der Waals surface area contributed by atoms with Gasteiger partial charge in [-0.3, -0.25) is 4.98 Å². The summed E-state index contributed by atoms with van der Waals surface area (Å²) in [6.45, 7) is 4.13. The van der Waals surface area contributed by atoms with E-state index >= 15 is 0 Å². The van der Waals surface area contributed by atoms with Crippen LogP contribution in [0.2, 0.25) is 0 Å². The van der Waals surface area contributed by atoms with E-state index in [9.17, 15) is 0 Å². The van der Waals surface area contributed by atoms with Gasteiger partial charge < -0.3 is 5.73 Å². The van der Waals surface area contributed by atoms with E-state index in [0.29, 0.717) is 18.0 Å². The third kappa shape index (κ3) is 4.28. The first-order valence-corrected chi connectivity index (χ1v) is 6.80. The molecule has 0 bridgehead atoms. The molecular formula is C14H16N6S. The summed E-state index contributed by atoms with van der Waals surface area (Å²) in [4.78, 5) is 4.24. The molecule has 21 heavy (non-hydrogen) atoms. The molecule has 0 aliphatic rings. The maximum atomic E-state index is 5.72. The summed E-state index contributed by atoms with van der Waals surface area (Å²) in [5.41, 5.74) is 8.77. The van der Waals surface area contributed by atoms with E-state index in [0.717, 1.165) is 11.4 Å². The van der Waals surface area contributed by atoms with E-state index in [4.69, 9.17) is 18.0 Å². The average Bonchev–Trinajstić information content (AvgIpc) is 2.48. The number of nitrogens with zero attached hydrogens (tertiary/aromatic N) is 5. The van der Waals surface area contributed by atoms with Crippen molar-refractivity contribution in [3.63, 3.8) is 0 Å². The van der Waals surface area contributed by atoms with Gasteiger partial charge in [0.2, 0.25) is 0 Å². The molecule has 0 aliphatic heterocycles. The van der Waals surface area contributed by atoms with Crippen LogP contribution in [0.5, 0.6) is 0 Å². The molecule has 2 rings (SSSR count). The molecule has 2 aromatic heterocycles. The Kier molecular flexibility index (Phi) is 4.89. The smallest absolute Gasteiger partial charge is 0.187 e. The molecule has 0 aromatic carbocycles. The highest BCUT2D eigenvalue weighted by atomic mass is 32.1. The molecule has 0 atom stereocenters. The minimum absolute atomic E-state index is 0.181. The van der Waals surface area contributed by atoms with E-state index in [1.807, 2.05) is 44.2 Å². The van der Waals surface area contributed by atoms with Gasteiger partial charge >= 0.3 is 0 Å². The molecule has 0 spiro atoms. The summed E-state index contributed by atoms with van der Waals surface area (Å²) in [6, 6.07) is 9.39. The minimum Gasteiger partial charge on any atom is -0.375 e. The Morgan fingerprint density at radius 2 is 2.10 bits per heavy atom. The molecule has 0 unspecified atom stereocenters. The first kappa shape index (κ1) is 15.0. The van der Waals surface area contributed by atoms with E-state index in [2.05, 4.69) is 20.3 Å². The zero-order valence-corrected chi connectivity index (χ0v) is 12.7. The van der Waals surface area contributed by atoms with Crippen molar-refractivity contribution in [1.82, 2.24) is 20.2 Å². The Balaban J connectivity index is 2.20. The largest absolute Gasteiger partial charge is 0.375 e. The van der Waals surface area contributed by atoms with E-state index < -0.39 is 0 Å². The third-order valence-electron chi connectivity index (χ3n) is 2.73. The van der Waals surface area contributed by atoms with E-state index in [1.54, 1.807) is 6.20 Å². The standard InChI is InChI=1S/C14H16N6S/c1-10-6-7-13(18-17-10)11(2)19-20(14(15)21)9-12-5-3-4-8-16-12/h3-8H,9H2,1-2H3,(H2,15,21)/b19-11+. The van der Waals surface area contributed by atoms with Crippen molar-refractivity contribution in [3.8, 4) is 0 Å². The van der Waals surface area contributed by atoms with E-state index in [-0.39, 0.29) is 5.11 Å². The number of pyridine rings is 1. The molecule has 6 nitrogen and oxygen atoms in total. The van der Waals surface area contributed by atoms with Crippen molar-refractivity contribution in [2.45, 2.75) is 20.4 Å². The van der Waals surface area contributed by atoms with Gasteiger partial charge in [-0.25, -0.2) is 5.01 Å². The Labute approximate surface area is 128 Å². The molecule has 0 fully saturated rings. The highest BCUT2D eigenvalue weighted by Gasteiger charge is 2.09. The molecule has 0 amide bonds. The number of nitrogens with two attached hydrogens (primary N) is 1. The first-order valence-electron chi connectivity index (χ1n) is 6.39. The summed E-state index contributed by atoms with van der Waals surface area (Å²) in [6.07, 6.45) is 1.72. The average molecular weight is 300 g/mol. The zero-order chi connectivity index (χ0) is 15.2. The predicted molar refractivity (Wildman–Crippen MR) is 85.5 cm³/mol. The van der Waals surface area contributed by atoms with Gasteiger partial charge in [-0.15, -0.1) is 5.10 Å². The second-order valence-electron chi connectivity index (χ2n) is 4.46. The van der Waals surface area contributed by atoms with Crippen LogP contribution in [0.3, 0.4) is 0 Å². The number of rotatable bonds is 4. The lowest BCUT2D eigenvalue weighted by molar-refractivity contribution is 0.436. The molecule has 0 saturated carbocycles. The molecular weight excluding hydrogens is 284 g/mol. The number of thiocarbonyl (C=S) groups is 1. The summed E-state index contributed by atoms with van der Waals surface area (Å²) < 4.78 is 0. The Morgan fingerprint density at radius 3 is 2.67 bits per heavy atom. The SMILES string of the molecule is C/C(=N\N(Cc1ccccn1)C(N)=S)c1ccc(C)nn1. The van der Waals surface area contributed by atoms with Gasteiger partial charge in [0, 0.05) is 6.20 Å². The fraction of sp³-hybridized carbons (Fsp3) is 0.214. The maximum absolute atomic E-state index is 5.72. The third-order valence-corrected chi connectivity index (χ3v) is 2.94.